The predicted molar refractivity (Wildman–Crippen MR) is 70.1 cm³/mol. The van der Waals surface area contributed by atoms with Gasteiger partial charge in [-0.3, -0.25) is 0 Å². The first-order valence-electron chi connectivity index (χ1n) is 7.15. The van der Waals surface area contributed by atoms with E-state index in [9.17, 15) is 4.79 Å². The highest BCUT2D eigenvalue weighted by molar-refractivity contribution is 5.67. The van der Waals surface area contributed by atoms with Gasteiger partial charge in [-0.1, -0.05) is 45.4 Å². The SMILES string of the molecule is CCCCCCOC(=O)N(C)C1CCCCC1. The van der Waals surface area contributed by atoms with Crippen LogP contribution in [0.3, 0.4) is 0 Å². The van der Waals surface area contributed by atoms with Crippen molar-refractivity contribution in [2.24, 2.45) is 0 Å². The zero-order valence-corrected chi connectivity index (χ0v) is 11.4. The molecule has 3 nitrogen and oxygen atoms in total. The van der Waals surface area contributed by atoms with Crippen LogP contribution < -0.4 is 0 Å². The van der Waals surface area contributed by atoms with Gasteiger partial charge in [0.25, 0.3) is 0 Å². The second-order valence-corrected chi connectivity index (χ2v) is 5.08. The lowest BCUT2D eigenvalue weighted by molar-refractivity contribution is 0.0876. The number of rotatable bonds is 6. The Balaban J connectivity index is 2.13. The maximum Gasteiger partial charge on any atom is 0.409 e. The van der Waals surface area contributed by atoms with E-state index in [1.807, 2.05) is 7.05 Å². The molecule has 1 amide bonds. The molecule has 0 unspecified atom stereocenters. The Hall–Kier alpha value is -0.730. The second kappa shape index (κ2) is 8.37. The van der Waals surface area contributed by atoms with Crippen molar-refractivity contribution < 1.29 is 9.53 Å². The molecule has 0 aromatic carbocycles. The van der Waals surface area contributed by atoms with Gasteiger partial charge in [-0.15, -0.1) is 0 Å². The zero-order chi connectivity index (χ0) is 12.5. The van der Waals surface area contributed by atoms with Crippen LogP contribution in [0, 0.1) is 0 Å². The van der Waals surface area contributed by atoms with Gasteiger partial charge in [-0.25, -0.2) is 4.79 Å². The summed E-state index contributed by atoms with van der Waals surface area (Å²) in [6.07, 6.45) is 10.6. The monoisotopic (exact) mass is 241 g/mol. The van der Waals surface area contributed by atoms with Crippen LogP contribution in [0.5, 0.6) is 0 Å². The minimum absolute atomic E-state index is 0.131. The number of nitrogens with zero attached hydrogens (tertiary/aromatic N) is 1. The molecule has 1 fully saturated rings. The van der Waals surface area contributed by atoms with Gasteiger partial charge in [0.1, 0.15) is 0 Å². The van der Waals surface area contributed by atoms with Crippen LogP contribution in [0.4, 0.5) is 4.79 Å². The Morgan fingerprint density at radius 2 is 1.88 bits per heavy atom. The summed E-state index contributed by atoms with van der Waals surface area (Å²) in [4.78, 5) is 13.6. The van der Waals surface area contributed by atoms with Gasteiger partial charge < -0.3 is 9.64 Å². The summed E-state index contributed by atoms with van der Waals surface area (Å²) in [7, 11) is 1.88. The quantitative estimate of drug-likeness (QED) is 0.659. The van der Waals surface area contributed by atoms with E-state index in [-0.39, 0.29) is 6.09 Å². The fourth-order valence-corrected chi connectivity index (χ4v) is 2.41. The van der Waals surface area contributed by atoms with Crippen molar-refractivity contribution in [2.45, 2.75) is 70.8 Å². The normalized spacial score (nSPS) is 16.8. The molecule has 1 aliphatic rings. The highest BCUT2D eigenvalue weighted by Gasteiger charge is 2.22. The first kappa shape index (κ1) is 14.3. The van der Waals surface area contributed by atoms with E-state index in [0.29, 0.717) is 12.6 Å². The first-order valence-corrected chi connectivity index (χ1v) is 7.15. The zero-order valence-electron chi connectivity index (χ0n) is 11.4. The van der Waals surface area contributed by atoms with E-state index < -0.39 is 0 Å². The van der Waals surface area contributed by atoms with Crippen LogP contribution in [-0.4, -0.2) is 30.7 Å². The molecular formula is C14H27NO2. The first-order chi connectivity index (χ1) is 8.25. The summed E-state index contributed by atoms with van der Waals surface area (Å²) in [5.41, 5.74) is 0. The smallest absolute Gasteiger partial charge is 0.409 e. The molecular weight excluding hydrogens is 214 g/mol. The number of hydrogen-bond acceptors (Lipinski definition) is 2. The molecule has 0 aliphatic heterocycles. The Morgan fingerprint density at radius 1 is 1.18 bits per heavy atom. The van der Waals surface area contributed by atoms with Gasteiger partial charge in [-0.05, 0) is 19.3 Å². The summed E-state index contributed by atoms with van der Waals surface area (Å²) < 4.78 is 5.29. The second-order valence-electron chi connectivity index (χ2n) is 5.08. The summed E-state index contributed by atoms with van der Waals surface area (Å²) in [5.74, 6) is 0. The molecule has 0 saturated heterocycles. The number of ether oxygens (including phenoxy) is 1. The number of amides is 1. The van der Waals surface area contributed by atoms with E-state index in [1.165, 1.54) is 32.1 Å². The molecule has 17 heavy (non-hydrogen) atoms. The molecule has 1 aliphatic carbocycles. The summed E-state index contributed by atoms with van der Waals surface area (Å²) >= 11 is 0. The fourth-order valence-electron chi connectivity index (χ4n) is 2.41. The van der Waals surface area contributed by atoms with Crippen LogP contribution in [0.25, 0.3) is 0 Å². The summed E-state index contributed by atoms with van der Waals surface area (Å²) in [5, 5.41) is 0. The van der Waals surface area contributed by atoms with E-state index >= 15 is 0 Å². The lowest BCUT2D eigenvalue weighted by atomic mass is 9.95. The third-order valence-electron chi connectivity index (χ3n) is 3.63. The Labute approximate surface area is 106 Å². The average molecular weight is 241 g/mol. The number of unbranched alkanes of at least 4 members (excludes halogenated alkanes) is 3. The van der Waals surface area contributed by atoms with Crippen molar-refractivity contribution in [3.63, 3.8) is 0 Å². The minimum Gasteiger partial charge on any atom is -0.449 e. The molecule has 0 atom stereocenters. The molecule has 0 aromatic rings. The topological polar surface area (TPSA) is 29.5 Å². The lowest BCUT2D eigenvalue weighted by Crippen LogP contribution is -2.38. The van der Waals surface area contributed by atoms with Gasteiger partial charge in [-0.2, -0.15) is 0 Å². The Morgan fingerprint density at radius 3 is 2.53 bits per heavy atom. The third-order valence-corrected chi connectivity index (χ3v) is 3.63. The van der Waals surface area contributed by atoms with E-state index in [4.69, 9.17) is 4.74 Å². The van der Waals surface area contributed by atoms with Crippen molar-refractivity contribution in [2.75, 3.05) is 13.7 Å². The van der Waals surface area contributed by atoms with Gasteiger partial charge in [0.15, 0.2) is 0 Å². The van der Waals surface area contributed by atoms with Crippen molar-refractivity contribution in [1.82, 2.24) is 4.90 Å². The molecule has 0 bridgehead atoms. The number of hydrogen-bond donors (Lipinski definition) is 0. The van der Waals surface area contributed by atoms with Crippen LogP contribution >= 0.6 is 0 Å². The molecule has 1 rings (SSSR count). The lowest BCUT2D eigenvalue weighted by Gasteiger charge is -2.30. The highest BCUT2D eigenvalue weighted by atomic mass is 16.6. The molecule has 100 valence electrons. The summed E-state index contributed by atoms with van der Waals surface area (Å²) in [6, 6.07) is 0.409. The van der Waals surface area contributed by atoms with E-state index in [0.717, 1.165) is 25.7 Å². The largest absolute Gasteiger partial charge is 0.449 e. The van der Waals surface area contributed by atoms with Crippen molar-refractivity contribution in [3.05, 3.63) is 0 Å². The standard InChI is InChI=1S/C14H27NO2/c1-3-4-5-9-12-17-14(16)15(2)13-10-7-6-8-11-13/h13H,3-12H2,1-2H3. The molecule has 1 saturated carbocycles. The van der Waals surface area contributed by atoms with Crippen LogP contribution in [0.1, 0.15) is 64.7 Å². The molecule has 0 heterocycles. The van der Waals surface area contributed by atoms with Gasteiger partial charge in [0.05, 0.1) is 6.61 Å². The Bertz CT molecular complexity index is 212. The van der Waals surface area contributed by atoms with Crippen molar-refractivity contribution in [3.8, 4) is 0 Å². The highest BCUT2D eigenvalue weighted by Crippen LogP contribution is 2.22. The predicted octanol–water partition coefficient (Wildman–Crippen LogP) is 3.97. The molecule has 0 radical (unpaired) electrons. The van der Waals surface area contributed by atoms with Crippen LogP contribution in [0.15, 0.2) is 0 Å². The maximum atomic E-state index is 11.8. The van der Waals surface area contributed by atoms with E-state index in [2.05, 4.69) is 6.92 Å². The van der Waals surface area contributed by atoms with Crippen molar-refractivity contribution in [1.29, 1.82) is 0 Å². The molecule has 0 spiro atoms. The van der Waals surface area contributed by atoms with Crippen LogP contribution in [0.2, 0.25) is 0 Å². The number of carbonyl (C=O) groups is 1. The summed E-state index contributed by atoms with van der Waals surface area (Å²) in [6.45, 7) is 2.76. The molecule has 0 N–H and O–H groups in total. The maximum absolute atomic E-state index is 11.8. The van der Waals surface area contributed by atoms with Gasteiger partial charge >= 0.3 is 6.09 Å². The van der Waals surface area contributed by atoms with Gasteiger partial charge in [0, 0.05) is 13.1 Å². The average Bonchev–Trinajstić information content (AvgIpc) is 2.38. The fraction of sp³-hybridized carbons (Fsp3) is 0.929. The molecule has 3 heteroatoms. The minimum atomic E-state index is -0.131. The third kappa shape index (κ3) is 5.42. The van der Waals surface area contributed by atoms with Gasteiger partial charge in [0.2, 0.25) is 0 Å². The van der Waals surface area contributed by atoms with Crippen LogP contribution in [-0.2, 0) is 4.74 Å². The molecule has 0 aromatic heterocycles. The van der Waals surface area contributed by atoms with Crippen molar-refractivity contribution >= 4 is 6.09 Å². The van der Waals surface area contributed by atoms with E-state index in [1.54, 1.807) is 4.90 Å². The Kier molecular flexibility index (Phi) is 7.06. The number of carbonyl (C=O) groups excluding carboxylic acids is 1.